The van der Waals surface area contributed by atoms with Crippen LogP contribution in [0.1, 0.15) is 37.0 Å². The molecule has 1 aromatic rings. The molecular formula is C21H28F2N2O5. The Kier molecular flexibility index (Phi) is 8.56. The van der Waals surface area contributed by atoms with Crippen molar-refractivity contribution < 1.29 is 32.6 Å². The van der Waals surface area contributed by atoms with E-state index in [1.807, 2.05) is 6.92 Å². The van der Waals surface area contributed by atoms with Crippen LogP contribution in [-0.2, 0) is 14.3 Å². The van der Waals surface area contributed by atoms with Crippen molar-refractivity contribution in [3.05, 3.63) is 29.8 Å². The second kappa shape index (κ2) is 10.9. The normalized spacial score (nSPS) is 17.4. The SMILES string of the molecule is CCN(CC(C)C(=O)OC)C(=O)C1CCCN(C(=O)c2ccccc2OC(F)F)C1. The van der Waals surface area contributed by atoms with E-state index in [0.717, 1.165) is 0 Å². The monoisotopic (exact) mass is 426 g/mol. The Labute approximate surface area is 174 Å². The summed E-state index contributed by atoms with van der Waals surface area (Å²) >= 11 is 0. The number of halogens is 2. The fourth-order valence-corrected chi connectivity index (χ4v) is 3.61. The Morgan fingerprint density at radius 2 is 1.97 bits per heavy atom. The summed E-state index contributed by atoms with van der Waals surface area (Å²) in [6.45, 7) is 1.75. The molecule has 1 heterocycles. The van der Waals surface area contributed by atoms with Crippen molar-refractivity contribution in [3.8, 4) is 5.75 Å². The number of benzene rings is 1. The van der Waals surface area contributed by atoms with Gasteiger partial charge in [-0.05, 0) is 31.9 Å². The third kappa shape index (κ3) is 5.90. The smallest absolute Gasteiger partial charge is 0.387 e. The van der Waals surface area contributed by atoms with Crippen LogP contribution in [0.3, 0.4) is 0 Å². The molecule has 0 radical (unpaired) electrons. The van der Waals surface area contributed by atoms with Gasteiger partial charge in [0, 0.05) is 26.2 Å². The number of amides is 2. The van der Waals surface area contributed by atoms with Crippen molar-refractivity contribution in [2.45, 2.75) is 33.3 Å². The molecule has 0 aliphatic carbocycles. The molecule has 7 nitrogen and oxygen atoms in total. The highest BCUT2D eigenvalue weighted by atomic mass is 19.3. The summed E-state index contributed by atoms with van der Waals surface area (Å²) < 4.78 is 34.5. The zero-order valence-corrected chi connectivity index (χ0v) is 17.5. The topological polar surface area (TPSA) is 76.2 Å². The van der Waals surface area contributed by atoms with Crippen LogP contribution >= 0.6 is 0 Å². The molecule has 2 rings (SSSR count). The maximum Gasteiger partial charge on any atom is 0.387 e. The van der Waals surface area contributed by atoms with E-state index in [0.29, 0.717) is 25.9 Å². The minimum absolute atomic E-state index is 0.0394. The van der Waals surface area contributed by atoms with E-state index in [4.69, 9.17) is 4.74 Å². The number of methoxy groups -OCH3 is 1. The van der Waals surface area contributed by atoms with E-state index in [9.17, 15) is 23.2 Å². The van der Waals surface area contributed by atoms with E-state index >= 15 is 0 Å². The molecule has 2 unspecified atom stereocenters. The average Bonchev–Trinajstić information content (AvgIpc) is 2.75. The molecule has 0 spiro atoms. The highest BCUT2D eigenvalue weighted by molar-refractivity contribution is 5.97. The van der Waals surface area contributed by atoms with E-state index in [2.05, 4.69) is 4.74 Å². The molecule has 0 aromatic heterocycles. The van der Waals surface area contributed by atoms with Crippen molar-refractivity contribution >= 4 is 17.8 Å². The van der Waals surface area contributed by atoms with Crippen LogP contribution in [0.25, 0.3) is 0 Å². The number of rotatable bonds is 8. The number of esters is 1. The molecule has 0 bridgehead atoms. The molecule has 0 saturated carbocycles. The lowest BCUT2D eigenvalue weighted by Gasteiger charge is -2.35. The van der Waals surface area contributed by atoms with Gasteiger partial charge in [0.15, 0.2) is 0 Å². The number of likely N-dealkylation sites (tertiary alicyclic amines) is 1. The van der Waals surface area contributed by atoms with Gasteiger partial charge in [-0.15, -0.1) is 0 Å². The highest BCUT2D eigenvalue weighted by Gasteiger charge is 2.33. The largest absolute Gasteiger partial charge is 0.469 e. The maximum absolute atomic E-state index is 13.0. The fraction of sp³-hybridized carbons (Fsp3) is 0.571. The van der Waals surface area contributed by atoms with Crippen molar-refractivity contribution in [1.29, 1.82) is 0 Å². The van der Waals surface area contributed by atoms with E-state index in [-0.39, 0.29) is 30.3 Å². The van der Waals surface area contributed by atoms with Gasteiger partial charge in [0.2, 0.25) is 5.91 Å². The molecule has 1 aliphatic heterocycles. The molecule has 0 N–H and O–H groups in total. The third-order valence-corrected chi connectivity index (χ3v) is 5.18. The Morgan fingerprint density at radius 3 is 2.60 bits per heavy atom. The molecule has 1 aromatic carbocycles. The fourth-order valence-electron chi connectivity index (χ4n) is 3.61. The number of ether oxygens (including phenoxy) is 2. The van der Waals surface area contributed by atoms with E-state index < -0.39 is 30.3 Å². The standard InChI is InChI=1S/C21H28F2N2O5/c1-4-24(12-14(2)20(28)29-3)18(26)15-8-7-11-25(13-15)19(27)16-9-5-6-10-17(16)30-21(22)23/h5-6,9-10,14-15,21H,4,7-8,11-13H2,1-3H3. The van der Waals surface area contributed by atoms with E-state index in [1.165, 1.54) is 30.2 Å². The van der Waals surface area contributed by atoms with Crippen LogP contribution in [0, 0.1) is 11.8 Å². The first-order valence-corrected chi connectivity index (χ1v) is 9.98. The molecule has 1 fully saturated rings. The predicted molar refractivity (Wildman–Crippen MR) is 105 cm³/mol. The summed E-state index contributed by atoms with van der Waals surface area (Å²) in [5, 5.41) is 0. The molecular weight excluding hydrogens is 398 g/mol. The highest BCUT2D eigenvalue weighted by Crippen LogP contribution is 2.26. The summed E-state index contributed by atoms with van der Waals surface area (Å²) in [5.74, 6) is -2.04. The predicted octanol–water partition coefficient (Wildman–Crippen LogP) is 2.80. The van der Waals surface area contributed by atoms with Gasteiger partial charge in [0.25, 0.3) is 5.91 Å². The van der Waals surface area contributed by atoms with Crippen LogP contribution in [0.15, 0.2) is 24.3 Å². The molecule has 1 saturated heterocycles. The summed E-state index contributed by atoms with van der Waals surface area (Å²) in [5.41, 5.74) is 0.0394. The number of nitrogens with zero attached hydrogens (tertiary/aromatic N) is 2. The van der Waals surface area contributed by atoms with Crippen molar-refractivity contribution in [2.75, 3.05) is 33.3 Å². The second-order valence-corrected chi connectivity index (χ2v) is 7.27. The lowest BCUT2D eigenvalue weighted by atomic mass is 9.95. The van der Waals surface area contributed by atoms with Crippen molar-refractivity contribution in [2.24, 2.45) is 11.8 Å². The van der Waals surface area contributed by atoms with Gasteiger partial charge in [0.05, 0.1) is 24.5 Å². The summed E-state index contributed by atoms with van der Waals surface area (Å²) in [6, 6.07) is 5.84. The van der Waals surface area contributed by atoms with Gasteiger partial charge < -0.3 is 19.3 Å². The molecule has 2 amide bonds. The zero-order chi connectivity index (χ0) is 22.3. The first-order chi connectivity index (χ1) is 14.3. The summed E-state index contributed by atoms with van der Waals surface area (Å²) in [6.07, 6.45) is 1.23. The molecule has 30 heavy (non-hydrogen) atoms. The first-order valence-electron chi connectivity index (χ1n) is 9.98. The Hall–Kier alpha value is -2.71. The zero-order valence-electron chi connectivity index (χ0n) is 17.5. The quantitative estimate of drug-likeness (QED) is 0.598. The Balaban J connectivity index is 2.10. The molecule has 2 atom stereocenters. The third-order valence-electron chi connectivity index (χ3n) is 5.18. The van der Waals surface area contributed by atoms with Crippen molar-refractivity contribution in [3.63, 3.8) is 0 Å². The van der Waals surface area contributed by atoms with Gasteiger partial charge in [-0.1, -0.05) is 19.1 Å². The van der Waals surface area contributed by atoms with Gasteiger partial charge in [-0.2, -0.15) is 8.78 Å². The van der Waals surface area contributed by atoms with Gasteiger partial charge in [-0.25, -0.2) is 0 Å². The molecule has 166 valence electrons. The first kappa shape index (κ1) is 23.6. The lowest BCUT2D eigenvalue weighted by Crippen LogP contribution is -2.48. The number of hydrogen-bond acceptors (Lipinski definition) is 5. The number of alkyl halides is 2. The van der Waals surface area contributed by atoms with Gasteiger partial charge >= 0.3 is 12.6 Å². The number of para-hydroxylation sites is 1. The maximum atomic E-state index is 13.0. The van der Waals surface area contributed by atoms with Crippen molar-refractivity contribution in [1.82, 2.24) is 9.80 Å². The number of piperidine rings is 1. The summed E-state index contributed by atoms with van der Waals surface area (Å²) in [7, 11) is 1.30. The minimum atomic E-state index is -3.04. The van der Waals surface area contributed by atoms with Crippen LogP contribution in [0.5, 0.6) is 5.75 Å². The number of carbonyl (C=O) groups excluding carboxylic acids is 3. The van der Waals surface area contributed by atoms with Crippen LogP contribution in [0.2, 0.25) is 0 Å². The number of carbonyl (C=O) groups is 3. The second-order valence-electron chi connectivity index (χ2n) is 7.27. The number of hydrogen-bond donors (Lipinski definition) is 0. The molecule has 1 aliphatic rings. The Bertz CT molecular complexity index is 759. The van der Waals surface area contributed by atoms with Crippen LogP contribution < -0.4 is 4.74 Å². The van der Waals surface area contributed by atoms with Crippen LogP contribution in [0.4, 0.5) is 8.78 Å². The lowest BCUT2D eigenvalue weighted by molar-refractivity contribution is -0.147. The Morgan fingerprint density at radius 1 is 1.27 bits per heavy atom. The van der Waals surface area contributed by atoms with Gasteiger partial charge in [0.1, 0.15) is 5.75 Å². The van der Waals surface area contributed by atoms with E-state index in [1.54, 1.807) is 17.9 Å². The average molecular weight is 426 g/mol. The van der Waals surface area contributed by atoms with Gasteiger partial charge in [-0.3, -0.25) is 14.4 Å². The summed E-state index contributed by atoms with van der Waals surface area (Å²) in [4.78, 5) is 40.7. The molecule has 9 heteroatoms. The van der Waals surface area contributed by atoms with Crippen LogP contribution in [-0.4, -0.2) is 67.5 Å². The minimum Gasteiger partial charge on any atom is -0.469 e.